The fraction of sp³-hybridized carbons (Fsp3) is 0.458. The van der Waals surface area contributed by atoms with E-state index < -0.39 is 16.1 Å². The third-order valence-electron chi connectivity index (χ3n) is 5.81. The van der Waals surface area contributed by atoms with Gasteiger partial charge in [0.15, 0.2) is 6.10 Å². The molecule has 0 aromatic heterocycles. The molecule has 8 heteroatoms. The smallest absolute Gasteiger partial charge is 0.261 e. The molecule has 2 aromatic carbocycles. The van der Waals surface area contributed by atoms with Crippen LogP contribution in [0, 0.1) is 5.92 Å². The third-order valence-corrected chi connectivity index (χ3v) is 7.01. The lowest BCUT2D eigenvalue weighted by Crippen LogP contribution is -2.36. The topological polar surface area (TPSA) is 79.0 Å². The Morgan fingerprint density at radius 1 is 1.19 bits per heavy atom. The van der Waals surface area contributed by atoms with Gasteiger partial charge in [0.2, 0.25) is 10.0 Å². The number of carbonyl (C=O) groups is 1. The predicted octanol–water partition coefficient (Wildman–Crippen LogP) is 3.40. The zero-order chi connectivity index (χ0) is 23.3. The Balaban J connectivity index is 1.49. The fourth-order valence-electron chi connectivity index (χ4n) is 3.77. The molecule has 1 aliphatic heterocycles. The number of hydrogen-bond acceptors (Lipinski definition) is 5. The summed E-state index contributed by atoms with van der Waals surface area (Å²) in [6.07, 6.45) is 2.99. The van der Waals surface area contributed by atoms with Crippen LogP contribution >= 0.6 is 0 Å². The van der Waals surface area contributed by atoms with Crippen molar-refractivity contribution >= 4 is 27.3 Å². The van der Waals surface area contributed by atoms with Gasteiger partial charge in [-0.15, -0.1) is 0 Å². The summed E-state index contributed by atoms with van der Waals surface area (Å²) in [5.74, 6) is 1.01. The van der Waals surface area contributed by atoms with Crippen LogP contribution in [0.5, 0.6) is 5.75 Å². The monoisotopic (exact) mass is 459 g/mol. The van der Waals surface area contributed by atoms with Crippen molar-refractivity contribution in [2.75, 3.05) is 35.6 Å². The molecule has 1 aliphatic rings. The van der Waals surface area contributed by atoms with E-state index in [1.807, 2.05) is 0 Å². The molecule has 1 fully saturated rings. The lowest BCUT2D eigenvalue weighted by Gasteiger charge is -2.32. The van der Waals surface area contributed by atoms with Gasteiger partial charge in [0.05, 0.1) is 11.9 Å². The number of piperidine rings is 1. The normalized spacial score (nSPS) is 17.5. The Bertz CT molecular complexity index is 1010. The van der Waals surface area contributed by atoms with Crippen molar-refractivity contribution in [1.82, 2.24) is 5.32 Å². The molecule has 0 radical (unpaired) electrons. The van der Waals surface area contributed by atoms with Gasteiger partial charge in [0.1, 0.15) is 5.75 Å². The quantitative estimate of drug-likeness (QED) is 0.655. The van der Waals surface area contributed by atoms with Gasteiger partial charge in [0, 0.05) is 32.4 Å². The van der Waals surface area contributed by atoms with E-state index in [0.717, 1.165) is 30.8 Å². The lowest BCUT2D eigenvalue weighted by atomic mass is 9.99. The number of nitrogens with one attached hydrogen (secondary N) is 1. The van der Waals surface area contributed by atoms with Crippen LogP contribution in [0.3, 0.4) is 0 Å². The lowest BCUT2D eigenvalue weighted by molar-refractivity contribution is -0.127. The van der Waals surface area contributed by atoms with Crippen LogP contribution in [-0.2, 0) is 21.4 Å². The zero-order valence-electron chi connectivity index (χ0n) is 19.2. The Morgan fingerprint density at radius 2 is 1.84 bits per heavy atom. The highest BCUT2D eigenvalue weighted by atomic mass is 32.2. The van der Waals surface area contributed by atoms with E-state index in [1.54, 1.807) is 31.2 Å². The van der Waals surface area contributed by atoms with E-state index in [2.05, 4.69) is 41.4 Å². The van der Waals surface area contributed by atoms with Crippen LogP contribution in [0.4, 0.5) is 11.4 Å². The van der Waals surface area contributed by atoms with Crippen LogP contribution < -0.4 is 19.3 Å². The van der Waals surface area contributed by atoms with Crippen LogP contribution in [0.2, 0.25) is 0 Å². The Hall–Kier alpha value is -2.74. The fourth-order valence-corrected chi connectivity index (χ4v) is 4.27. The Morgan fingerprint density at radius 3 is 2.44 bits per heavy atom. The second-order valence-electron chi connectivity index (χ2n) is 8.56. The largest absolute Gasteiger partial charge is 0.481 e. The van der Waals surface area contributed by atoms with Crippen LogP contribution in [0.1, 0.15) is 32.3 Å². The maximum atomic E-state index is 12.4. The first-order valence-corrected chi connectivity index (χ1v) is 12.8. The predicted molar refractivity (Wildman–Crippen MR) is 129 cm³/mol. The van der Waals surface area contributed by atoms with E-state index in [1.165, 1.54) is 29.9 Å². The van der Waals surface area contributed by atoms with Gasteiger partial charge in [-0.1, -0.05) is 19.1 Å². The minimum atomic E-state index is -3.33. The van der Waals surface area contributed by atoms with Gasteiger partial charge in [-0.3, -0.25) is 9.10 Å². The molecule has 0 spiro atoms. The third kappa shape index (κ3) is 6.38. The maximum absolute atomic E-state index is 12.4. The molecule has 32 heavy (non-hydrogen) atoms. The number of rotatable bonds is 8. The average Bonchev–Trinajstić information content (AvgIpc) is 2.77. The number of sulfonamides is 1. The summed E-state index contributed by atoms with van der Waals surface area (Å²) in [7, 11) is -1.84. The summed E-state index contributed by atoms with van der Waals surface area (Å²) < 4.78 is 30.1. The molecular weight excluding hydrogens is 426 g/mol. The molecule has 2 atom stereocenters. The SMILES string of the molecule is C[C@@H]1CCCN(c2ccc(CNC(=O)[C@H](C)Oc3ccc(N(C)S(C)(=O)=O)cc3)cc2)C1. The van der Waals surface area contributed by atoms with Crippen molar-refractivity contribution in [3.8, 4) is 5.75 Å². The van der Waals surface area contributed by atoms with Gasteiger partial charge >= 0.3 is 0 Å². The van der Waals surface area contributed by atoms with Crippen LogP contribution in [0.15, 0.2) is 48.5 Å². The highest BCUT2D eigenvalue weighted by Gasteiger charge is 2.18. The van der Waals surface area contributed by atoms with Crippen molar-refractivity contribution in [2.45, 2.75) is 39.3 Å². The van der Waals surface area contributed by atoms with Crippen molar-refractivity contribution < 1.29 is 17.9 Å². The first-order chi connectivity index (χ1) is 15.1. The molecule has 7 nitrogen and oxygen atoms in total. The molecule has 0 unspecified atom stereocenters. The van der Waals surface area contributed by atoms with Crippen molar-refractivity contribution in [3.63, 3.8) is 0 Å². The molecule has 2 aromatic rings. The van der Waals surface area contributed by atoms with E-state index in [9.17, 15) is 13.2 Å². The number of hydrogen-bond donors (Lipinski definition) is 1. The molecule has 1 amide bonds. The van der Waals surface area contributed by atoms with Crippen molar-refractivity contribution in [1.29, 1.82) is 0 Å². The Kier molecular flexibility index (Phi) is 7.66. The standard InChI is InChI=1S/C24H33N3O4S/c1-18-6-5-15-27(17-18)22-9-7-20(8-10-22)16-25-24(28)19(2)31-23-13-11-21(12-14-23)26(3)32(4,29)30/h7-14,18-19H,5-6,15-17H2,1-4H3,(H,25,28)/t18-,19+/m1/s1. The summed E-state index contributed by atoms with van der Waals surface area (Å²) in [6, 6.07) is 14.9. The first kappa shape index (κ1) is 23.9. The van der Waals surface area contributed by atoms with E-state index in [-0.39, 0.29) is 5.91 Å². The number of carbonyl (C=O) groups excluding carboxylic acids is 1. The number of nitrogens with zero attached hydrogens (tertiary/aromatic N) is 2. The number of ether oxygens (including phenoxy) is 1. The van der Waals surface area contributed by atoms with E-state index in [0.29, 0.717) is 18.0 Å². The summed E-state index contributed by atoms with van der Waals surface area (Å²) in [5.41, 5.74) is 2.79. The molecule has 3 rings (SSSR count). The molecule has 1 saturated heterocycles. The molecule has 0 bridgehead atoms. The summed E-state index contributed by atoms with van der Waals surface area (Å²) >= 11 is 0. The van der Waals surface area contributed by atoms with Crippen molar-refractivity contribution in [3.05, 3.63) is 54.1 Å². The second kappa shape index (κ2) is 10.3. The minimum Gasteiger partial charge on any atom is -0.481 e. The second-order valence-corrected chi connectivity index (χ2v) is 10.6. The van der Waals surface area contributed by atoms with Gasteiger partial charge in [-0.05, 0) is 67.6 Å². The number of amides is 1. The van der Waals surface area contributed by atoms with Crippen LogP contribution in [-0.4, -0.2) is 46.8 Å². The van der Waals surface area contributed by atoms with Gasteiger partial charge < -0.3 is 15.0 Å². The first-order valence-electron chi connectivity index (χ1n) is 11.0. The summed E-state index contributed by atoms with van der Waals surface area (Å²) in [4.78, 5) is 14.9. The van der Waals surface area contributed by atoms with E-state index >= 15 is 0 Å². The average molecular weight is 460 g/mol. The maximum Gasteiger partial charge on any atom is 0.261 e. The molecule has 0 aliphatic carbocycles. The minimum absolute atomic E-state index is 0.212. The molecule has 1 N–H and O–H groups in total. The molecule has 0 saturated carbocycles. The van der Waals surface area contributed by atoms with Gasteiger partial charge in [0.25, 0.3) is 5.91 Å². The molecular formula is C24H33N3O4S. The zero-order valence-corrected chi connectivity index (χ0v) is 20.1. The highest BCUT2D eigenvalue weighted by molar-refractivity contribution is 7.92. The number of benzene rings is 2. The van der Waals surface area contributed by atoms with Crippen LogP contribution in [0.25, 0.3) is 0 Å². The number of anilines is 2. The molecule has 174 valence electrons. The summed E-state index contributed by atoms with van der Waals surface area (Å²) in [6.45, 7) is 6.60. The van der Waals surface area contributed by atoms with Gasteiger partial charge in [-0.25, -0.2) is 8.42 Å². The molecule has 1 heterocycles. The highest BCUT2D eigenvalue weighted by Crippen LogP contribution is 2.23. The van der Waals surface area contributed by atoms with Gasteiger partial charge in [-0.2, -0.15) is 0 Å². The Labute approximate surface area is 191 Å². The summed E-state index contributed by atoms with van der Waals surface area (Å²) in [5, 5.41) is 2.91. The van der Waals surface area contributed by atoms with Crippen molar-refractivity contribution in [2.24, 2.45) is 5.92 Å². The van der Waals surface area contributed by atoms with E-state index in [4.69, 9.17) is 4.74 Å².